The first-order chi connectivity index (χ1) is 5.02. The number of hydrogen-bond donors (Lipinski definition) is 1. The van der Waals surface area contributed by atoms with Crippen LogP contribution in [0.1, 0.15) is 0 Å². The molecule has 1 rings (SSSR count). The molecule has 0 aliphatic carbocycles. The fourth-order valence-corrected chi connectivity index (χ4v) is 1.48. The average Bonchev–Trinajstić information content (AvgIpc) is 1.86. The summed E-state index contributed by atoms with van der Waals surface area (Å²) in [4.78, 5) is 12.5. The minimum Gasteiger partial charge on any atom is -0.328 e. The van der Waals surface area contributed by atoms with E-state index in [9.17, 15) is 13.2 Å². The van der Waals surface area contributed by atoms with Gasteiger partial charge in [0.25, 0.3) is 14.6 Å². The molecule has 1 aromatic heterocycles. The molecular formula is C5H4ClNO3S. The monoisotopic (exact) mass is 193 g/mol. The maximum Gasteiger partial charge on any atom is 0.268 e. The molecule has 0 aliphatic rings. The number of H-pyrrole nitrogens is 1. The van der Waals surface area contributed by atoms with E-state index in [0.29, 0.717) is 0 Å². The van der Waals surface area contributed by atoms with Gasteiger partial charge in [-0.25, -0.2) is 8.42 Å². The molecule has 0 amide bonds. The van der Waals surface area contributed by atoms with Gasteiger partial charge in [0.15, 0.2) is 0 Å². The van der Waals surface area contributed by atoms with Crippen LogP contribution in [-0.4, -0.2) is 13.4 Å². The van der Waals surface area contributed by atoms with Gasteiger partial charge in [-0.1, -0.05) is 0 Å². The fourth-order valence-electron chi connectivity index (χ4n) is 0.598. The topological polar surface area (TPSA) is 67.0 Å². The molecule has 0 aromatic carbocycles. The van der Waals surface area contributed by atoms with Crippen molar-refractivity contribution in [1.82, 2.24) is 4.98 Å². The van der Waals surface area contributed by atoms with E-state index in [1.54, 1.807) is 0 Å². The third kappa shape index (κ3) is 1.81. The molecule has 6 heteroatoms. The van der Waals surface area contributed by atoms with Crippen LogP contribution in [0.25, 0.3) is 0 Å². The summed E-state index contributed by atoms with van der Waals surface area (Å²) < 4.78 is 21.2. The maximum absolute atomic E-state index is 10.7. The Morgan fingerprint density at radius 1 is 1.45 bits per heavy atom. The quantitative estimate of drug-likeness (QED) is 0.653. The zero-order valence-electron chi connectivity index (χ0n) is 5.24. The highest BCUT2D eigenvalue weighted by Gasteiger charge is 2.12. The van der Waals surface area contributed by atoms with Gasteiger partial charge in [0.2, 0.25) is 0 Å². The van der Waals surface area contributed by atoms with E-state index in [1.807, 2.05) is 0 Å². The van der Waals surface area contributed by atoms with Gasteiger partial charge >= 0.3 is 0 Å². The maximum atomic E-state index is 10.7. The van der Waals surface area contributed by atoms with Crippen LogP contribution in [0.3, 0.4) is 0 Å². The highest BCUT2D eigenvalue weighted by atomic mass is 35.7. The number of halogens is 1. The number of rotatable bonds is 1. The summed E-state index contributed by atoms with van der Waals surface area (Å²) in [6, 6.07) is 2.53. The summed E-state index contributed by atoms with van der Waals surface area (Å²) in [7, 11) is 1.01. The molecule has 0 atom stereocenters. The third-order valence-electron chi connectivity index (χ3n) is 1.04. The molecule has 0 fully saturated rings. The van der Waals surface area contributed by atoms with Crippen LogP contribution >= 0.6 is 10.7 Å². The van der Waals surface area contributed by atoms with Crippen LogP contribution in [0, 0.1) is 0 Å². The van der Waals surface area contributed by atoms with Gasteiger partial charge in [-0.2, -0.15) is 0 Å². The average molecular weight is 194 g/mol. The van der Waals surface area contributed by atoms with Gasteiger partial charge in [-0.3, -0.25) is 4.79 Å². The summed E-state index contributed by atoms with van der Waals surface area (Å²) in [5, 5.41) is 0. The SMILES string of the molecule is O=c1[nH]cccc1S(=O)(=O)Cl. The molecule has 0 spiro atoms. The number of nitrogens with one attached hydrogen (secondary N) is 1. The van der Waals surface area contributed by atoms with Crippen LogP contribution in [-0.2, 0) is 9.05 Å². The molecule has 1 heterocycles. The van der Waals surface area contributed by atoms with E-state index < -0.39 is 19.5 Å². The van der Waals surface area contributed by atoms with Gasteiger partial charge in [0.05, 0.1) is 0 Å². The van der Waals surface area contributed by atoms with E-state index in [4.69, 9.17) is 10.7 Å². The molecule has 1 aromatic rings. The molecule has 0 bridgehead atoms. The van der Waals surface area contributed by atoms with Crippen molar-refractivity contribution in [1.29, 1.82) is 0 Å². The molecule has 0 radical (unpaired) electrons. The van der Waals surface area contributed by atoms with E-state index in [0.717, 1.165) is 6.07 Å². The van der Waals surface area contributed by atoms with Gasteiger partial charge in [-0.05, 0) is 12.1 Å². The molecular weight excluding hydrogens is 190 g/mol. The van der Waals surface area contributed by atoms with Gasteiger partial charge < -0.3 is 4.98 Å². The van der Waals surface area contributed by atoms with Gasteiger partial charge in [0, 0.05) is 16.9 Å². The minimum atomic E-state index is -3.91. The van der Waals surface area contributed by atoms with E-state index in [1.165, 1.54) is 12.3 Å². The highest BCUT2D eigenvalue weighted by Crippen LogP contribution is 2.07. The summed E-state index contributed by atoms with van der Waals surface area (Å²) in [5.74, 6) is 0. The molecule has 0 saturated heterocycles. The summed E-state index contributed by atoms with van der Waals surface area (Å²) in [5.41, 5.74) is -0.706. The lowest BCUT2D eigenvalue weighted by Gasteiger charge is -1.90. The summed E-state index contributed by atoms with van der Waals surface area (Å²) >= 11 is 0. The number of hydrogen-bond acceptors (Lipinski definition) is 3. The first kappa shape index (κ1) is 8.29. The first-order valence-electron chi connectivity index (χ1n) is 2.64. The molecule has 11 heavy (non-hydrogen) atoms. The smallest absolute Gasteiger partial charge is 0.268 e. The first-order valence-corrected chi connectivity index (χ1v) is 4.95. The lowest BCUT2D eigenvalue weighted by molar-refractivity contribution is 0.608. The van der Waals surface area contributed by atoms with Gasteiger partial charge in [-0.15, -0.1) is 0 Å². The molecule has 0 aliphatic heterocycles. The van der Waals surface area contributed by atoms with Crippen LogP contribution < -0.4 is 5.56 Å². The predicted octanol–water partition coefficient (Wildman–Crippen LogP) is 0.302. The minimum absolute atomic E-state index is 0.429. The molecule has 4 nitrogen and oxygen atoms in total. The second-order valence-corrected chi connectivity index (χ2v) is 4.34. The van der Waals surface area contributed by atoms with Crippen molar-refractivity contribution in [2.45, 2.75) is 4.90 Å². The Kier molecular flexibility index (Phi) is 2.01. The Balaban J connectivity index is 3.50. The Morgan fingerprint density at radius 2 is 2.09 bits per heavy atom. The third-order valence-corrected chi connectivity index (χ3v) is 2.39. The van der Waals surface area contributed by atoms with Crippen molar-refractivity contribution in [2.75, 3.05) is 0 Å². The van der Waals surface area contributed by atoms with Crippen molar-refractivity contribution in [3.63, 3.8) is 0 Å². The lowest BCUT2D eigenvalue weighted by Crippen LogP contribution is -2.12. The van der Waals surface area contributed by atoms with E-state index >= 15 is 0 Å². The van der Waals surface area contributed by atoms with Crippen LogP contribution in [0.15, 0.2) is 28.0 Å². The normalized spacial score (nSPS) is 11.4. The zero-order chi connectivity index (χ0) is 8.48. The number of pyridine rings is 1. The second-order valence-electron chi connectivity index (χ2n) is 1.80. The Bertz CT molecular complexity index is 408. The summed E-state index contributed by atoms with van der Waals surface area (Å²) in [6.07, 6.45) is 1.33. The van der Waals surface area contributed by atoms with E-state index in [2.05, 4.69) is 4.98 Å². The summed E-state index contributed by atoms with van der Waals surface area (Å²) in [6.45, 7) is 0. The van der Waals surface area contributed by atoms with Crippen molar-refractivity contribution in [3.05, 3.63) is 28.7 Å². The Hall–Kier alpha value is -0.810. The Morgan fingerprint density at radius 3 is 2.45 bits per heavy atom. The fraction of sp³-hybridized carbons (Fsp3) is 0. The number of aromatic nitrogens is 1. The van der Waals surface area contributed by atoms with Crippen LogP contribution in [0.2, 0.25) is 0 Å². The van der Waals surface area contributed by atoms with E-state index in [-0.39, 0.29) is 0 Å². The Labute approximate surface area is 67.2 Å². The van der Waals surface area contributed by atoms with Crippen molar-refractivity contribution in [3.8, 4) is 0 Å². The van der Waals surface area contributed by atoms with Crippen LogP contribution in [0.4, 0.5) is 0 Å². The van der Waals surface area contributed by atoms with Gasteiger partial charge in [0.1, 0.15) is 4.90 Å². The standard InChI is InChI=1S/C5H4ClNO3S/c6-11(9,10)4-2-1-3-7-5(4)8/h1-3H,(H,7,8). The predicted molar refractivity (Wildman–Crippen MR) is 40.1 cm³/mol. The largest absolute Gasteiger partial charge is 0.328 e. The van der Waals surface area contributed by atoms with Crippen molar-refractivity contribution in [2.24, 2.45) is 0 Å². The lowest BCUT2D eigenvalue weighted by atomic mass is 10.5. The second kappa shape index (κ2) is 2.67. The molecule has 0 unspecified atom stereocenters. The zero-order valence-corrected chi connectivity index (χ0v) is 6.82. The molecule has 1 N–H and O–H groups in total. The molecule has 60 valence electrons. The highest BCUT2D eigenvalue weighted by molar-refractivity contribution is 8.13. The number of aromatic amines is 1. The molecule has 0 saturated carbocycles. The van der Waals surface area contributed by atoms with Crippen molar-refractivity contribution < 1.29 is 8.42 Å². The van der Waals surface area contributed by atoms with Crippen LogP contribution in [0.5, 0.6) is 0 Å². The van der Waals surface area contributed by atoms with Crippen molar-refractivity contribution >= 4 is 19.7 Å².